The van der Waals surface area contributed by atoms with E-state index in [-0.39, 0.29) is 17.7 Å². The molecule has 1 amide bonds. The molecule has 1 aliphatic carbocycles. The predicted molar refractivity (Wildman–Crippen MR) is 80.3 cm³/mol. The molecule has 0 aromatic carbocycles. The summed E-state index contributed by atoms with van der Waals surface area (Å²) in [6.45, 7) is 6.41. The lowest BCUT2D eigenvalue weighted by molar-refractivity contribution is -0.122. The molecule has 0 radical (unpaired) electrons. The number of rotatable bonds is 1. The highest BCUT2D eigenvalue weighted by Gasteiger charge is 2.39. The van der Waals surface area contributed by atoms with Crippen molar-refractivity contribution in [2.45, 2.75) is 45.2 Å². The molecule has 0 spiro atoms. The van der Waals surface area contributed by atoms with Crippen LogP contribution in [0.3, 0.4) is 0 Å². The van der Waals surface area contributed by atoms with Gasteiger partial charge in [-0.1, -0.05) is 23.8 Å². The molecule has 2 heterocycles. The Balaban J connectivity index is 1.90. The van der Waals surface area contributed by atoms with E-state index in [1.807, 2.05) is 6.92 Å². The molecule has 1 fully saturated rings. The number of carbonyl (C=O) groups is 2. The molecule has 1 saturated carbocycles. The number of amides is 1. The van der Waals surface area contributed by atoms with Gasteiger partial charge in [0.1, 0.15) is 4.34 Å². The highest BCUT2D eigenvalue weighted by Crippen LogP contribution is 2.40. The number of fused-ring (bicyclic) bond motifs is 1. The lowest BCUT2D eigenvalue weighted by Gasteiger charge is -2.25. The van der Waals surface area contributed by atoms with Gasteiger partial charge in [-0.25, -0.2) is 0 Å². The molecular formula is C15H16ClNO2S. The SMILES string of the molecule is C=C1CCC[C@H](N2Cc3c(C)sc(Cl)c3C2=O)C(=O)C1. The average Bonchev–Trinajstić information content (AvgIpc) is 2.78. The summed E-state index contributed by atoms with van der Waals surface area (Å²) in [6.07, 6.45) is 2.92. The molecule has 20 heavy (non-hydrogen) atoms. The van der Waals surface area contributed by atoms with Gasteiger partial charge in [0.2, 0.25) is 0 Å². The largest absolute Gasteiger partial charge is 0.324 e. The van der Waals surface area contributed by atoms with E-state index in [9.17, 15) is 9.59 Å². The van der Waals surface area contributed by atoms with Crippen LogP contribution in [0.25, 0.3) is 0 Å². The number of aryl methyl sites for hydroxylation is 1. The van der Waals surface area contributed by atoms with E-state index in [1.165, 1.54) is 11.3 Å². The zero-order valence-electron chi connectivity index (χ0n) is 11.4. The maximum Gasteiger partial charge on any atom is 0.257 e. The van der Waals surface area contributed by atoms with Crippen molar-refractivity contribution in [1.29, 1.82) is 0 Å². The Morgan fingerprint density at radius 3 is 2.85 bits per heavy atom. The van der Waals surface area contributed by atoms with Gasteiger partial charge in [0.15, 0.2) is 5.78 Å². The maximum absolute atomic E-state index is 12.5. The van der Waals surface area contributed by atoms with Crippen LogP contribution in [0.2, 0.25) is 4.34 Å². The Hall–Kier alpha value is -1.13. The topological polar surface area (TPSA) is 37.4 Å². The number of hydrogen-bond donors (Lipinski definition) is 0. The van der Waals surface area contributed by atoms with Crippen molar-refractivity contribution in [2.24, 2.45) is 0 Å². The van der Waals surface area contributed by atoms with Crippen molar-refractivity contribution in [3.63, 3.8) is 0 Å². The first-order valence-corrected chi connectivity index (χ1v) is 7.96. The van der Waals surface area contributed by atoms with Gasteiger partial charge in [-0.05, 0) is 31.7 Å². The fourth-order valence-corrected chi connectivity index (χ4v) is 4.48. The second-order valence-corrected chi connectivity index (χ2v) is 7.35. The van der Waals surface area contributed by atoms with Gasteiger partial charge in [0, 0.05) is 17.8 Å². The number of nitrogens with zero attached hydrogens (tertiary/aromatic N) is 1. The zero-order valence-corrected chi connectivity index (χ0v) is 12.9. The first kappa shape index (κ1) is 13.8. The van der Waals surface area contributed by atoms with Crippen molar-refractivity contribution < 1.29 is 9.59 Å². The first-order chi connectivity index (χ1) is 9.49. The number of carbonyl (C=O) groups excluding carboxylic acids is 2. The highest BCUT2D eigenvalue weighted by atomic mass is 35.5. The summed E-state index contributed by atoms with van der Waals surface area (Å²) in [4.78, 5) is 27.6. The van der Waals surface area contributed by atoms with Crippen LogP contribution < -0.4 is 0 Å². The number of Topliss-reactive ketones (excluding diaryl/α,β-unsaturated/α-hetero) is 1. The van der Waals surface area contributed by atoms with Gasteiger partial charge in [0.05, 0.1) is 11.6 Å². The zero-order chi connectivity index (χ0) is 14.4. The van der Waals surface area contributed by atoms with Crippen molar-refractivity contribution in [2.75, 3.05) is 0 Å². The van der Waals surface area contributed by atoms with Crippen molar-refractivity contribution >= 4 is 34.6 Å². The summed E-state index contributed by atoms with van der Waals surface area (Å²) in [7, 11) is 0. The van der Waals surface area contributed by atoms with Crippen LogP contribution in [0.5, 0.6) is 0 Å². The van der Waals surface area contributed by atoms with E-state index in [4.69, 9.17) is 11.6 Å². The first-order valence-electron chi connectivity index (χ1n) is 6.77. The quantitative estimate of drug-likeness (QED) is 0.585. The molecule has 3 rings (SSSR count). The summed E-state index contributed by atoms with van der Waals surface area (Å²) in [5, 5.41) is 0. The average molecular weight is 310 g/mol. The molecule has 1 aliphatic heterocycles. The summed E-state index contributed by atoms with van der Waals surface area (Å²) in [5.74, 6) is 0.0312. The van der Waals surface area contributed by atoms with Crippen molar-refractivity contribution in [3.05, 3.63) is 32.5 Å². The van der Waals surface area contributed by atoms with Gasteiger partial charge in [-0.3, -0.25) is 9.59 Å². The van der Waals surface area contributed by atoms with Crippen molar-refractivity contribution in [3.8, 4) is 0 Å². The fraction of sp³-hybridized carbons (Fsp3) is 0.467. The van der Waals surface area contributed by atoms with Crippen LogP contribution in [0.4, 0.5) is 0 Å². The number of halogens is 1. The molecule has 1 aromatic rings. The van der Waals surface area contributed by atoms with E-state index >= 15 is 0 Å². The van der Waals surface area contributed by atoms with Gasteiger partial charge in [0.25, 0.3) is 5.91 Å². The Morgan fingerprint density at radius 1 is 1.40 bits per heavy atom. The smallest absolute Gasteiger partial charge is 0.257 e. The summed E-state index contributed by atoms with van der Waals surface area (Å²) in [5.41, 5.74) is 2.60. The minimum atomic E-state index is -0.311. The monoisotopic (exact) mass is 309 g/mol. The maximum atomic E-state index is 12.5. The lowest BCUT2D eigenvalue weighted by Crippen LogP contribution is -2.40. The van der Waals surface area contributed by atoms with Crippen LogP contribution in [0.15, 0.2) is 12.2 Å². The second-order valence-electron chi connectivity index (χ2n) is 5.52. The normalized spacial score (nSPS) is 23.2. The van der Waals surface area contributed by atoms with E-state index in [2.05, 4.69) is 6.58 Å². The molecule has 0 unspecified atom stereocenters. The molecule has 0 saturated heterocycles. The molecular weight excluding hydrogens is 294 g/mol. The molecule has 0 N–H and O–H groups in total. The molecule has 106 valence electrons. The van der Waals surface area contributed by atoms with Gasteiger partial charge in [-0.2, -0.15) is 0 Å². The number of ketones is 1. The third-order valence-corrected chi connectivity index (χ3v) is 5.51. The minimum absolute atomic E-state index is 0.0831. The third-order valence-electron chi connectivity index (χ3n) is 4.15. The van der Waals surface area contributed by atoms with Crippen LogP contribution in [-0.2, 0) is 11.3 Å². The van der Waals surface area contributed by atoms with Crippen LogP contribution in [-0.4, -0.2) is 22.6 Å². The summed E-state index contributed by atoms with van der Waals surface area (Å²) in [6, 6.07) is -0.311. The highest BCUT2D eigenvalue weighted by molar-refractivity contribution is 7.16. The summed E-state index contributed by atoms with van der Waals surface area (Å²) < 4.78 is 0.551. The molecule has 1 aromatic heterocycles. The molecule has 2 aliphatic rings. The third kappa shape index (κ3) is 2.11. The Labute approximate surface area is 127 Å². The summed E-state index contributed by atoms with van der Waals surface area (Å²) >= 11 is 7.60. The van der Waals surface area contributed by atoms with Crippen LogP contribution >= 0.6 is 22.9 Å². The Morgan fingerprint density at radius 2 is 2.15 bits per heavy atom. The van der Waals surface area contributed by atoms with Crippen LogP contribution in [0, 0.1) is 6.92 Å². The minimum Gasteiger partial charge on any atom is -0.324 e. The van der Waals surface area contributed by atoms with E-state index in [1.54, 1.807) is 4.90 Å². The Bertz CT molecular complexity index is 620. The predicted octanol–water partition coefficient (Wildman–Crippen LogP) is 3.73. The second kappa shape index (κ2) is 5.01. The fourth-order valence-electron chi connectivity index (χ4n) is 3.07. The molecule has 0 bridgehead atoms. The molecule has 3 nitrogen and oxygen atoms in total. The van der Waals surface area contributed by atoms with Gasteiger partial charge < -0.3 is 4.90 Å². The van der Waals surface area contributed by atoms with Gasteiger partial charge in [-0.15, -0.1) is 11.3 Å². The van der Waals surface area contributed by atoms with E-state index < -0.39 is 0 Å². The molecule has 5 heteroatoms. The Kier molecular flexibility index (Phi) is 3.46. The molecule has 1 atom stereocenters. The number of hydrogen-bond acceptors (Lipinski definition) is 3. The number of thiophene rings is 1. The lowest BCUT2D eigenvalue weighted by atomic mass is 10.1. The van der Waals surface area contributed by atoms with E-state index in [0.29, 0.717) is 22.9 Å². The van der Waals surface area contributed by atoms with E-state index in [0.717, 1.165) is 35.3 Å². The van der Waals surface area contributed by atoms with Gasteiger partial charge >= 0.3 is 0 Å². The van der Waals surface area contributed by atoms with Crippen LogP contribution in [0.1, 0.15) is 46.5 Å². The van der Waals surface area contributed by atoms with Crippen molar-refractivity contribution in [1.82, 2.24) is 4.90 Å². The standard InChI is InChI=1S/C15H16ClNO2S/c1-8-4-3-5-11(12(18)6-8)17-7-10-9(2)20-14(16)13(10)15(17)19/h11H,1,3-7H2,2H3/t11-/m0/s1. The number of allylic oxidation sites excluding steroid dienone is 1.